The van der Waals surface area contributed by atoms with Crippen LogP contribution in [0.5, 0.6) is 0 Å². The predicted molar refractivity (Wildman–Crippen MR) is 120 cm³/mol. The highest BCUT2D eigenvalue weighted by atomic mass is 79.9. The molecule has 1 aliphatic rings. The monoisotopic (exact) mass is 475 g/mol. The van der Waals surface area contributed by atoms with E-state index in [1.807, 2.05) is 26.8 Å². The minimum Gasteiger partial charge on any atom is -0.382 e. The Kier molecular flexibility index (Phi) is 6.80. The van der Waals surface area contributed by atoms with Crippen LogP contribution in [0.4, 0.5) is 16.2 Å². The van der Waals surface area contributed by atoms with Gasteiger partial charge in [0, 0.05) is 35.5 Å². The Labute approximate surface area is 184 Å². The molecular formula is C22H26BrN3O4. The highest BCUT2D eigenvalue weighted by Crippen LogP contribution is 2.41. The van der Waals surface area contributed by atoms with E-state index in [-0.39, 0.29) is 5.56 Å². The number of nitrogens with zero attached hydrogens (tertiary/aromatic N) is 1. The van der Waals surface area contributed by atoms with E-state index in [2.05, 4.69) is 26.6 Å². The number of hydrogen-bond donors (Lipinski definition) is 3. The standard InChI is InChI=1S/C22H26BrN3O4/c1-4-30-11-5-10-24-20(27)22(29)18-13-16(23)7-9-19(18)25-21(28)26(22)17-8-6-14(2)15(3)12-17/h6-9,12-13,29H,4-5,10-11H2,1-3H3,(H,24,27)(H,25,28)/t22-/m0/s1. The molecule has 30 heavy (non-hydrogen) atoms. The van der Waals surface area contributed by atoms with Gasteiger partial charge in [-0.25, -0.2) is 4.79 Å². The maximum atomic E-state index is 13.3. The Bertz CT molecular complexity index is 965. The van der Waals surface area contributed by atoms with E-state index in [1.54, 1.807) is 30.3 Å². The number of carbonyl (C=O) groups excluding carboxylic acids is 2. The number of hydrogen-bond acceptors (Lipinski definition) is 4. The van der Waals surface area contributed by atoms with Gasteiger partial charge in [-0.05, 0) is 68.7 Å². The van der Waals surface area contributed by atoms with Crippen molar-refractivity contribution in [2.75, 3.05) is 30.0 Å². The molecular weight excluding hydrogens is 450 g/mol. The molecule has 3 rings (SSSR count). The summed E-state index contributed by atoms with van der Waals surface area (Å²) in [5, 5.41) is 17.3. The minimum atomic E-state index is -2.21. The molecule has 3 amide bonds. The Morgan fingerprint density at radius 2 is 2.00 bits per heavy atom. The fourth-order valence-electron chi connectivity index (χ4n) is 3.39. The number of halogens is 1. The average Bonchev–Trinajstić information content (AvgIpc) is 2.71. The summed E-state index contributed by atoms with van der Waals surface area (Å²) in [7, 11) is 0. The van der Waals surface area contributed by atoms with Crippen molar-refractivity contribution in [2.24, 2.45) is 0 Å². The summed E-state index contributed by atoms with van der Waals surface area (Å²) in [6, 6.07) is 9.81. The van der Waals surface area contributed by atoms with Crippen LogP contribution in [0.3, 0.4) is 0 Å². The smallest absolute Gasteiger partial charge is 0.329 e. The van der Waals surface area contributed by atoms with Crippen molar-refractivity contribution in [1.82, 2.24) is 5.32 Å². The first kappa shape index (κ1) is 22.3. The van der Waals surface area contributed by atoms with Crippen LogP contribution in [0.1, 0.15) is 30.0 Å². The largest absolute Gasteiger partial charge is 0.382 e. The summed E-state index contributed by atoms with van der Waals surface area (Å²) in [6.07, 6.45) is 0.594. The zero-order chi connectivity index (χ0) is 21.9. The quantitative estimate of drug-likeness (QED) is 0.531. The molecule has 0 saturated carbocycles. The Balaban J connectivity index is 2.04. The van der Waals surface area contributed by atoms with Crippen LogP contribution in [0.25, 0.3) is 0 Å². The van der Waals surface area contributed by atoms with Crippen molar-refractivity contribution in [3.05, 3.63) is 57.6 Å². The molecule has 0 aliphatic carbocycles. The van der Waals surface area contributed by atoms with Crippen molar-refractivity contribution in [2.45, 2.75) is 32.9 Å². The number of carbonyl (C=O) groups is 2. The van der Waals surface area contributed by atoms with E-state index in [0.29, 0.717) is 42.0 Å². The minimum absolute atomic E-state index is 0.289. The van der Waals surface area contributed by atoms with E-state index in [1.165, 1.54) is 0 Å². The molecule has 7 nitrogen and oxygen atoms in total. The number of aliphatic hydroxyl groups is 1. The lowest BCUT2D eigenvalue weighted by molar-refractivity contribution is -0.140. The second-order valence-corrected chi connectivity index (χ2v) is 8.12. The van der Waals surface area contributed by atoms with Crippen LogP contribution in [0.15, 0.2) is 40.9 Å². The number of ether oxygens (including phenoxy) is 1. The number of anilines is 2. The zero-order valence-electron chi connectivity index (χ0n) is 17.3. The summed E-state index contributed by atoms with van der Waals surface area (Å²) < 4.78 is 5.98. The van der Waals surface area contributed by atoms with Crippen LogP contribution >= 0.6 is 15.9 Å². The van der Waals surface area contributed by atoms with E-state index >= 15 is 0 Å². The summed E-state index contributed by atoms with van der Waals surface area (Å²) >= 11 is 3.39. The third kappa shape index (κ3) is 4.21. The second-order valence-electron chi connectivity index (χ2n) is 7.20. The lowest BCUT2D eigenvalue weighted by Crippen LogP contribution is -2.62. The fourth-order valence-corrected chi connectivity index (χ4v) is 3.75. The lowest BCUT2D eigenvalue weighted by atomic mass is 9.94. The predicted octanol–water partition coefficient (Wildman–Crippen LogP) is 3.81. The SMILES string of the molecule is CCOCCCNC(=O)[C@@]1(O)c2cc(Br)ccc2NC(=O)N1c1ccc(C)c(C)c1. The molecule has 2 aromatic carbocycles. The molecule has 2 aromatic rings. The summed E-state index contributed by atoms with van der Waals surface area (Å²) in [4.78, 5) is 27.4. The van der Waals surface area contributed by atoms with E-state index in [9.17, 15) is 14.7 Å². The van der Waals surface area contributed by atoms with Gasteiger partial charge < -0.3 is 20.5 Å². The van der Waals surface area contributed by atoms with Crippen molar-refractivity contribution < 1.29 is 19.4 Å². The number of amides is 3. The summed E-state index contributed by atoms with van der Waals surface area (Å²) in [6.45, 7) is 7.18. The zero-order valence-corrected chi connectivity index (χ0v) is 18.9. The molecule has 0 aromatic heterocycles. The van der Waals surface area contributed by atoms with Crippen LogP contribution in [0.2, 0.25) is 0 Å². The van der Waals surface area contributed by atoms with Gasteiger partial charge in [-0.2, -0.15) is 0 Å². The Morgan fingerprint density at radius 3 is 2.70 bits per heavy atom. The van der Waals surface area contributed by atoms with Crippen LogP contribution < -0.4 is 15.5 Å². The number of benzene rings is 2. The highest BCUT2D eigenvalue weighted by molar-refractivity contribution is 9.10. The fraction of sp³-hybridized carbons (Fsp3) is 0.364. The van der Waals surface area contributed by atoms with Crippen molar-refractivity contribution in [3.8, 4) is 0 Å². The molecule has 8 heteroatoms. The number of nitrogens with one attached hydrogen (secondary N) is 2. The summed E-state index contributed by atoms with van der Waals surface area (Å²) in [5.41, 5.74) is 0.873. The third-order valence-electron chi connectivity index (χ3n) is 5.15. The van der Waals surface area contributed by atoms with E-state index in [4.69, 9.17) is 4.74 Å². The van der Waals surface area contributed by atoms with Crippen molar-refractivity contribution >= 4 is 39.2 Å². The first-order valence-corrected chi connectivity index (χ1v) is 10.6. The summed E-state index contributed by atoms with van der Waals surface area (Å²) in [5.74, 6) is -0.675. The van der Waals surface area contributed by atoms with Gasteiger partial charge in [-0.3, -0.25) is 9.69 Å². The van der Waals surface area contributed by atoms with Gasteiger partial charge in [-0.15, -0.1) is 0 Å². The lowest BCUT2D eigenvalue weighted by Gasteiger charge is -2.43. The first-order chi connectivity index (χ1) is 14.3. The molecule has 0 spiro atoms. The van der Waals surface area contributed by atoms with Crippen LogP contribution in [-0.2, 0) is 15.3 Å². The maximum Gasteiger partial charge on any atom is 0.329 e. The van der Waals surface area contributed by atoms with Gasteiger partial charge in [0.15, 0.2) is 0 Å². The molecule has 0 radical (unpaired) electrons. The molecule has 160 valence electrons. The molecule has 0 saturated heterocycles. The molecule has 0 bridgehead atoms. The molecule has 0 unspecified atom stereocenters. The highest BCUT2D eigenvalue weighted by Gasteiger charge is 2.52. The van der Waals surface area contributed by atoms with E-state index < -0.39 is 17.7 Å². The number of aryl methyl sites for hydroxylation is 2. The Morgan fingerprint density at radius 1 is 1.23 bits per heavy atom. The number of fused-ring (bicyclic) bond motifs is 1. The first-order valence-electron chi connectivity index (χ1n) is 9.86. The van der Waals surface area contributed by atoms with Gasteiger partial charge in [0.25, 0.3) is 11.6 Å². The molecule has 1 aliphatic heterocycles. The van der Waals surface area contributed by atoms with Gasteiger partial charge in [0.05, 0.1) is 5.69 Å². The van der Waals surface area contributed by atoms with Gasteiger partial charge in [0.2, 0.25) is 0 Å². The molecule has 3 N–H and O–H groups in total. The molecule has 1 atom stereocenters. The maximum absolute atomic E-state index is 13.3. The number of rotatable bonds is 7. The topological polar surface area (TPSA) is 90.9 Å². The Hall–Kier alpha value is -2.42. The van der Waals surface area contributed by atoms with Gasteiger partial charge >= 0.3 is 6.03 Å². The van der Waals surface area contributed by atoms with E-state index in [0.717, 1.165) is 16.0 Å². The van der Waals surface area contributed by atoms with Gasteiger partial charge in [0.1, 0.15) is 0 Å². The van der Waals surface area contributed by atoms with Crippen LogP contribution in [-0.4, -0.2) is 36.8 Å². The van der Waals surface area contributed by atoms with Crippen LogP contribution in [0, 0.1) is 13.8 Å². The normalized spacial score (nSPS) is 18.0. The van der Waals surface area contributed by atoms with Crippen molar-refractivity contribution in [3.63, 3.8) is 0 Å². The van der Waals surface area contributed by atoms with Gasteiger partial charge in [-0.1, -0.05) is 22.0 Å². The molecule has 0 fully saturated rings. The number of urea groups is 1. The second kappa shape index (κ2) is 9.16. The third-order valence-corrected chi connectivity index (χ3v) is 5.64. The average molecular weight is 476 g/mol. The molecule has 1 heterocycles. The van der Waals surface area contributed by atoms with Crippen molar-refractivity contribution in [1.29, 1.82) is 0 Å².